The van der Waals surface area contributed by atoms with Gasteiger partial charge < -0.3 is 5.32 Å². The Morgan fingerprint density at radius 3 is 2.76 bits per heavy atom. The maximum Gasteiger partial charge on any atom is 0.277 e. The van der Waals surface area contributed by atoms with Crippen molar-refractivity contribution in [1.29, 1.82) is 0 Å². The first-order valence-electron chi connectivity index (χ1n) is 7.34. The Bertz CT molecular complexity index is 678. The lowest BCUT2D eigenvalue weighted by atomic mass is 9.89. The molecule has 0 aliphatic heterocycles. The Kier molecular flexibility index (Phi) is 3.49. The van der Waals surface area contributed by atoms with Crippen LogP contribution in [-0.2, 0) is 0 Å². The SMILES string of the molecule is CC1(CNc2ccc([N+](=O)[O-])c3ccncc23)CCCC1. The third kappa shape index (κ3) is 2.68. The number of rotatable bonds is 4. The molecule has 0 amide bonds. The molecule has 1 N–H and O–H groups in total. The normalized spacial score (nSPS) is 17.0. The smallest absolute Gasteiger partial charge is 0.277 e. The van der Waals surface area contributed by atoms with Gasteiger partial charge in [-0.1, -0.05) is 19.8 Å². The number of hydrogen-bond acceptors (Lipinski definition) is 4. The highest BCUT2D eigenvalue weighted by atomic mass is 16.6. The molecule has 1 aromatic carbocycles. The molecule has 0 bridgehead atoms. The van der Waals surface area contributed by atoms with Crippen LogP contribution in [0.2, 0.25) is 0 Å². The fourth-order valence-corrected chi connectivity index (χ4v) is 3.20. The maximum atomic E-state index is 11.1. The van der Waals surface area contributed by atoms with E-state index in [0.717, 1.165) is 17.6 Å². The molecule has 5 heteroatoms. The van der Waals surface area contributed by atoms with Gasteiger partial charge in [-0.05, 0) is 30.4 Å². The zero-order valence-corrected chi connectivity index (χ0v) is 12.1. The molecule has 1 fully saturated rings. The molecule has 0 saturated heterocycles. The number of fused-ring (bicyclic) bond motifs is 1. The molecule has 0 atom stereocenters. The van der Waals surface area contributed by atoms with Crippen molar-refractivity contribution in [1.82, 2.24) is 4.98 Å². The van der Waals surface area contributed by atoms with Crippen molar-refractivity contribution in [2.45, 2.75) is 32.6 Å². The van der Waals surface area contributed by atoms with E-state index in [2.05, 4.69) is 17.2 Å². The predicted molar refractivity (Wildman–Crippen MR) is 83.5 cm³/mol. The Labute approximate surface area is 123 Å². The lowest BCUT2D eigenvalue weighted by Gasteiger charge is -2.24. The quantitative estimate of drug-likeness (QED) is 0.677. The molecule has 5 nitrogen and oxygen atoms in total. The average molecular weight is 285 g/mol. The molecule has 0 radical (unpaired) electrons. The van der Waals surface area contributed by atoms with Crippen LogP contribution in [0.5, 0.6) is 0 Å². The Morgan fingerprint density at radius 1 is 1.29 bits per heavy atom. The first-order chi connectivity index (χ1) is 10.1. The van der Waals surface area contributed by atoms with E-state index in [1.165, 1.54) is 25.7 Å². The summed E-state index contributed by atoms with van der Waals surface area (Å²) in [4.78, 5) is 14.9. The molecule has 0 unspecified atom stereocenters. The maximum absolute atomic E-state index is 11.1. The molecular weight excluding hydrogens is 266 g/mol. The highest BCUT2D eigenvalue weighted by Crippen LogP contribution is 2.38. The zero-order valence-electron chi connectivity index (χ0n) is 12.1. The molecule has 1 aliphatic rings. The van der Waals surface area contributed by atoms with Crippen LogP contribution >= 0.6 is 0 Å². The lowest BCUT2D eigenvalue weighted by Crippen LogP contribution is -2.23. The van der Waals surface area contributed by atoms with E-state index in [-0.39, 0.29) is 10.6 Å². The van der Waals surface area contributed by atoms with Gasteiger partial charge >= 0.3 is 0 Å². The number of non-ortho nitro benzene ring substituents is 1. The van der Waals surface area contributed by atoms with Crippen molar-refractivity contribution < 1.29 is 4.92 Å². The molecule has 0 spiro atoms. The molecule has 3 rings (SSSR count). The van der Waals surface area contributed by atoms with Gasteiger partial charge in [0, 0.05) is 36.1 Å². The summed E-state index contributed by atoms with van der Waals surface area (Å²) >= 11 is 0. The largest absolute Gasteiger partial charge is 0.384 e. The number of anilines is 1. The van der Waals surface area contributed by atoms with Crippen molar-refractivity contribution in [2.24, 2.45) is 5.41 Å². The zero-order chi connectivity index (χ0) is 14.9. The number of nitro benzene ring substituents is 1. The number of aromatic nitrogens is 1. The van der Waals surface area contributed by atoms with Crippen LogP contribution in [-0.4, -0.2) is 16.5 Å². The molecule has 110 valence electrons. The van der Waals surface area contributed by atoms with Gasteiger partial charge in [0.2, 0.25) is 0 Å². The fourth-order valence-electron chi connectivity index (χ4n) is 3.20. The van der Waals surface area contributed by atoms with Crippen molar-refractivity contribution in [2.75, 3.05) is 11.9 Å². The third-order valence-corrected chi connectivity index (χ3v) is 4.51. The van der Waals surface area contributed by atoms with E-state index in [1.54, 1.807) is 30.6 Å². The van der Waals surface area contributed by atoms with Gasteiger partial charge in [0.15, 0.2) is 0 Å². The van der Waals surface area contributed by atoms with Crippen molar-refractivity contribution in [3.05, 3.63) is 40.7 Å². The van der Waals surface area contributed by atoms with Gasteiger partial charge in [-0.25, -0.2) is 0 Å². The van der Waals surface area contributed by atoms with E-state index in [1.807, 2.05) is 0 Å². The molecule has 1 saturated carbocycles. The molecule has 1 aromatic heterocycles. The Hall–Kier alpha value is -2.17. The van der Waals surface area contributed by atoms with E-state index in [4.69, 9.17) is 0 Å². The van der Waals surface area contributed by atoms with Crippen molar-refractivity contribution >= 4 is 22.1 Å². The second-order valence-corrected chi connectivity index (χ2v) is 6.18. The number of nitrogens with one attached hydrogen (secondary N) is 1. The third-order valence-electron chi connectivity index (χ3n) is 4.51. The predicted octanol–water partition coefficient (Wildman–Crippen LogP) is 4.14. The van der Waals surface area contributed by atoms with E-state index >= 15 is 0 Å². The van der Waals surface area contributed by atoms with Gasteiger partial charge in [0.25, 0.3) is 5.69 Å². The minimum absolute atomic E-state index is 0.130. The molecule has 21 heavy (non-hydrogen) atoms. The molecular formula is C16H19N3O2. The number of benzene rings is 1. The van der Waals surface area contributed by atoms with Gasteiger partial charge in [-0.3, -0.25) is 15.1 Å². The van der Waals surface area contributed by atoms with Gasteiger partial charge in [0.05, 0.1) is 10.3 Å². The van der Waals surface area contributed by atoms with Crippen LogP contribution in [0, 0.1) is 15.5 Å². The number of nitro groups is 1. The number of hydrogen-bond donors (Lipinski definition) is 1. The number of pyridine rings is 1. The van der Waals surface area contributed by atoms with Crippen LogP contribution in [0.25, 0.3) is 10.8 Å². The average Bonchev–Trinajstić information content (AvgIpc) is 2.91. The van der Waals surface area contributed by atoms with Crippen LogP contribution in [0.1, 0.15) is 32.6 Å². The molecule has 2 aromatic rings. The van der Waals surface area contributed by atoms with E-state index < -0.39 is 0 Å². The van der Waals surface area contributed by atoms with Gasteiger partial charge in [-0.15, -0.1) is 0 Å². The van der Waals surface area contributed by atoms with Crippen LogP contribution < -0.4 is 5.32 Å². The summed E-state index contributed by atoms with van der Waals surface area (Å²) < 4.78 is 0. The standard InChI is InChI=1S/C16H19N3O2/c1-16(7-2-3-8-16)11-18-14-4-5-15(19(20)21)12-6-9-17-10-13(12)14/h4-6,9-10,18H,2-3,7-8,11H2,1H3. The first kappa shape index (κ1) is 13.8. The van der Waals surface area contributed by atoms with Crippen LogP contribution in [0.4, 0.5) is 11.4 Å². The second-order valence-electron chi connectivity index (χ2n) is 6.18. The fraction of sp³-hybridized carbons (Fsp3) is 0.438. The minimum Gasteiger partial charge on any atom is -0.384 e. The summed E-state index contributed by atoms with van der Waals surface area (Å²) in [6.45, 7) is 3.20. The summed E-state index contributed by atoms with van der Waals surface area (Å²) in [5.74, 6) is 0. The minimum atomic E-state index is -0.343. The summed E-state index contributed by atoms with van der Waals surface area (Å²) in [7, 11) is 0. The monoisotopic (exact) mass is 285 g/mol. The topological polar surface area (TPSA) is 68.1 Å². The van der Waals surface area contributed by atoms with Crippen molar-refractivity contribution in [3.8, 4) is 0 Å². The van der Waals surface area contributed by atoms with E-state index in [0.29, 0.717) is 10.8 Å². The van der Waals surface area contributed by atoms with E-state index in [9.17, 15) is 10.1 Å². The van der Waals surface area contributed by atoms with Crippen LogP contribution in [0.15, 0.2) is 30.6 Å². The van der Waals surface area contributed by atoms with Gasteiger partial charge in [0.1, 0.15) is 0 Å². The Morgan fingerprint density at radius 2 is 2.05 bits per heavy atom. The highest BCUT2D eigenvalue weighted by Gasteiger charge is 2.28. The van der Waals surface area contributed by atoms with Crippen LogP contribution in [0.3, 0.4) is 0 Å². The van der Waals surface area contributed by atoms with Gasteiger partial charge in [-0.2, -0.15) is 0 Å². The summed E-state index contributed by atoms with van der Waals surface area (Å²) in [5, 5.41) is 16.0. The second kappa shape index (κ2) is 5.31. The molecule has 1 heterocycles. The summed E-state index contributed by atoms with van der Waals surface area (Å²) in [5.41, 5.74) is 1.39. The lowest BCUT2D eigenvalue weighted by molar-refractivity contribution is -0.383. The first-order valence-corrected chi connectivity index (χ1v) is 7.34. The summed E-state index contributed by atoms with van der Waals surface area (Å²) in [6, 6.07) is 5.07. The number of nitrogens with zero attached hydrogens (tertiary/aromatic N) is 2. The summed E-state index contributed by atoms with van der Waals surface area (Å²) in [6.07, 6.45) is 8.35. The molecule has 1 aliphatic carbocycles. The van der Waals surface area contributed by atoms with Crippen molar-refractivity contribution in [3.63, 3.8) is 0 Å². The highest BCUT2D eigenvalue weighted by molar-refractivity contribution is 5.99. The Balaban J connectivity index is 1.92.